The first kappa shape index (κ1) is 12.9. The smallest absolute Gasteiger partial charge is 0.107 e. The lowest BCUT2D eigenvalue weighted by atomic mass is 10.1. The van der Waals surface area contributed by atoms with E-state index in [4.69, 9.17) is 18.0 Å². The van der Waals surface area contributed by atoms with Crippen LogP contribution >= 0.6 is 12.2 Å². The number of nitrogens with one attached hydrogen (secondary N) is 1. The first-order valence-electron chi connectivity index (χ1n) is 5.43. The second kappa shape index (κ2) is 5.25. The minimum Gasteiger partial charge on any atom is -0.389 e. The quantitative estimate of drug-likeness (QED) is 0.790. The zero-order chi connectivity index (χ0) is 12.3. The van der Waals surface area contributed by atoms with Gasteiger partial charge in [0, 0.05) is 23.6 Å². The number of anilines is 1. The summed E-state index contributed by atoms with van der Waals surface area (Å²) in [5.74, 6) is 0.577. The molecule has 0 amide bonds. The van der Waals surface area contributed by atoms with Crippen LogP contribution in [0.25, 0.3) is 0 Å². The standard InChI is InChI=1S/C12H19N3S/c1-7(2)6-14-10-5-8(3)15-9(4)11(10)12(13)16/h5,7H,6H2,1-4H3,(H2,13,16)(H,14,15). The van der Waals surface area contributed by atoms with Crippen LogP contribution in [0.15, 0.2) is 6.07 Å². The van der Waals surface area contributed by atoms with E-state index in [9.17, 15) is 0 Å². The number of hydrogen-bond donors (Lipinski definition) is 2. The fourth-order valence-corrected chi connectivity index (χ4v) is 1.85. The summed E-state index contributed by atoms with van der Waals surface area (Å²) < 4.78 is 0. The molecule has 1 aromatic rings. The molecule has 3 N–H and O–H groups in total. The number of nitrogens with zero attached hydrogens (tertiary/aromatic N) is 1. The van der Waals surface area contributed by atoms with Crippen LogP contribution in [-0.2, 0) is 0 Å². The van der Waals surface area contributed by atoms with Gasteiger partial charge in [-0.05, 0) is 25.8 Å². The highest BCUT2D eigenvalue weighted by Gasteiger charge is 2.10. The van der Waals surface area contributed by atoms with Gasteiger partial charge in [0.05, 0.1) is 5.56 Å². The minimum atomic E-state index is 0.399. The van der Waals surface area contributed by atoms with Crippen molar-refractivity contribution in [3.63, 3.8) is 0 Å². The van der Waals surface area contributed by atoms with Crippen molar-refractivity contribution in [1.29, 1.82) is 0 Å². The van der Waals surface area contributed by atoms with Crippen LogP contribution < -0.4 is 11.1 Å². The molecule has 0 spiro atoms. The van der Waals surface area contributed by atoms with E-state index in [0.29, 0.717) is 10.9 Å². The highest BCUT2D eigenvalue weighted by atomic mass is 32.1. The molecule has 0 aliphatic carbocycles. The second-order valence-corrected chi connectivity index (χ2v) is 4.85. The van der Waals surface area contributed by atoms with Crippen LogP contribution in [-0.4, -0.2) is 16.5 Å². The van der Waals surface area contributed by atoms with Crippen molar-refractivity contribution < 1.29 is 0 Å². The third-order valence-corrected chi connectivity index (χ3v) is 2.48. The Bertz CT molecular complexity index is 399. The summed E-state index contributed by atoms with van der Waals surface area (Å²) in [4.78, 5) is 4.77. The Morgan fingerprint density at radius 1 is 1.50 bits per heavy atom. The molecular formula is C12H19N3S. The van der Waals surface area contributed by atoms with E-state index in [1.165, 1.54) is 0 Å². The SMILES string of the molecule is Cc1cc(NCC(C)C)c(C(N)=S)c(C)n1. The number of pyridine rings is 1. The Hall–Kier alpha value is -1.16. The average Bonchev–Trinajstić information content (AvgIpc) is 2.12. The molecule has 0 atom stereocenters. The molecule has 4 heteroatoms. The highest BCUT2D eigenvalue weighted by Crippen LogP contribution is 2.19. The Balaban J connectivity index is 3.09. The Morgan fingerprint density at radius 3 is 2.62 bits per heavy atom. The van der Waals surface area contributed by atoms with E-state index >= 15 is 0 Å². The maximum absolute atomic E-state index is 5.72. The predicted octanol–water partition coefficient (Wildman–Crippen LogP) is 2.40. The number of aromatic nitrogens is 1. The summed E-state index contributed by atoms with van der Waals surface area (Å²) in [6.07, 6.45) is 0. The molecule has 1 aromatic heterocycles. The number of thiocarbonyl (C=S) groups is 1. The third-order valence-electron chi connectivity index (χ3n) is 2.28. The van der Waals surface area contributed by atoms with E-state index in [1.54, 1.807) is 0 Å². The van der Waals surface area contributed by atoms with Crippen molar-refractivity contribution in [3.05, 3.63) is 23.0 Å². The lowest BCUT2D eigenvalue weighted by molar-refractivity contribution is 0.688. The maximum Gasteiger partial charge on any atom is 0.107 e. The van der Waals surface area contributed by atoms with E-state index in [1.807, 2.05) is 19.9 Å². The van der Waals surface area contributed by atoms with Crippen LogP contribution in [0.4, 0.5) is 5.69 Å². The molecule has 1 heterocycles. The number of rotatable bonds is 4. The van der Waals surface area contributed by atoms with Crippen LogP contribution in [0.2, 0.25) is 0 Å². The normalized spacial score (nSPS) is 10.6. The van der Waals surface area contributed by atoms with Gasteiger partial charge in [0.2, 0.25) is 0 Å². The van der Waals surface area contributed by atoms with Crippen molar-refractivity contribution in [1.82, 2.24) is 4.98 Å². The fourth-order valence-electron chi connectivity index (χ4n) is 1.59. The monoisotopic (exact) mass is 237 g/mol. The lowest BCUT2D eigenvalue weighted by Crippen LogP contribution is -2.18. The van der Waals surface area contributed by atoms with Crippen LogP contribution in [0.5, 0.6) is 0 Å². The second-order valence-electron chi connectivity index (χ2n) is 4.41. The molecule has 0 aromatic carbocycles. The van der Waals surface area contributed by atoms with Gasteiger partial charge in [0.1, 0.15) is 4.99 Å². The maximum atomic E-state index is 5.72. The average molecular weight is 237 g/mol. The van der Waals surface area contributed by atoms with Crippen molar-refractivity contribution in [3.8, 4) is 0 Å². The van der Waals surface area contributed by atoms with E-state index in [2.05, 4.69) is 24.1 Å². The number of hydrogen-bond acceptors (Lipinski definition) is 3. The highest BCUT2D eigenvalue weighted by molar-refractivity contribution is 7.80. The van der Waals surface area contributed by atoms with Gasteiger partial charge in [-0.25, -0.2) is 0 Å². The van der Waals surface area contributed by atoms with Gasteiger partial charge in [0.15, 0.2) is 0 Å². The van der Waals surface area contributed by atoms with Gasteiger partial charge in [-0.15, -0.1) is 0 Å². The Labute approximate surface area is 102 Å². The minimum absolute atomic E-state index is 0.399. The van der Waals surface area contributed by atoms with Crippen LogP contribution in [0.1, 0.15) is 30.8 Å². The molecule has 0 fully saturated rings. The van der Waals surface area contributed by atoms with Gasteiger partial charge >= 0.3 is 0 Å². The van der Waals surface area contributed by atoms with Gasteiger partial charge in [-0.2, -0.15) is 0 Å². The van der Waals surface area contributed by atoms with E-state index in [0.717, 1.165) is 29.2 Å². The van der Waals surface area contributed by atoms with Crippen molar-refractivity contribution >= 4 is 22.9 Å². The van der Waals surface area contributed by atoms with Crippen LogP contribution in [0, 0.1) is 19.8 Å². The summed E-state index contributed by atoms with van der Waals surface area (Å²) in [5, 5.41) is 3.37. The van der Waals surface area contributed by atoms with Gasteiger partial charge in [0.25, 0.3) is 0 Å². The lowest BCUT2D eigenvalue weighted by Gasteiger charge is -2.15. The first-order valence-corrected chi connectivity index (χ1v) is 5.84. The molecule has 0 aliphatic rings. The number of aryl methyl sites for hydroxylation is 2. The number of nitrogens with two attached hydrogens (primary N) is 1. The molecule has 0 aliphatic heterocycles. The van der Waals surface area contributed by atoms with Crippen molar-refractivity contribution in [2.24, 2.45) is 11.7 Å². The van der Waals surface area contributed by atoms with Crippen LogP contribution in [0.3, 0.4) is 0 Å². The van der Waals surface area contributed by atoms with E-state index in [-0.39, 0.29) is 0 Å². The predicted molar refractivity (Wildman–Crippen MR) is 72.9 cm³/mol. The van der Waals surface area contributed by atoms with Gasteiger partial charge < -0.3 is 11.1 Å². The molecular weight excluding hydrogens is 218 g/mol. The zero-order valence-electron chi connectivity index (χ0n) is 10.3. The topological polar surface area (TPSA) is 50.9 Å². The molecule has 0 bridgehead atoms. The molecule has 1 rings (SSSR count). The fraction of sp³-hybridized carbons (Fsp3) is 0.500. The third kappa shape index (κ3) is 3.17. The van der Waals surface area contributed by atoms with Gasteiger partial charge in [-0.3, -0.25) is 4.98 Å². The Morgan fingerprint density at radius 2 is 2.12 bits per heavy atom. The molecule has 0 saturated carbocycles. The molecule has 88 valence electrons. The molecule has 16 heavy (non-hydrogen) atoms. The zero-order valence-corrected chi connectivity index (χ0v) is 11.1. The summed E-state index contributed by atoms with van der Waals surface area (Å²) in [6.45, 7) is 9.13. The molecule has 0 radical (unpaired) electrons. The summed E-state index contributed by atoms with van der Waals surface area (Å²) >= 11 is 5.06. The van der Waals surface area contributed by atoms with Crippen molar-refractivity contribution in [2.75, 3.05) is 11.9 Å². The Kier molecular flexibility index (Phi) is 4.24. The largest absolute Gasteiger partial charge is 0.389 e. The first-order chi connectivity index (χ1) is 7.41. The molecule has 3 nitrogen and oxygen atoms in total. The summed E-state index contributed by atoms with van der Waals surface area (Å²) in [5.41, 5.74) is 9.44. The summed E-state index contributed by atoms with van der Waals surface area (Å²) in [6, 6.07) is 1.99. The van der Waals surface area contributed by atoms with E-state index < -0.39 is 0 Å². The molecule has 0 saturated heterocycles. The van der Waals surface area contributed by atoms with Crippen molar-refractivity contribution in [2.45, 2.75) is 27.7 Å². The summed E-state index contributed by atoms with van der Waals surface area (Å²) in [7, 11) is 0. The molecule has 0 unspecified atom stereocenters. The van der Waals surface area contributed by atoms with Gasteiger partial charge in [-0.1, -0.05) is 26.1 Å².